The van der Waals surface area contributed by atoms with Crippen molar-refractivity contribution in [2.75, 3.05) is 0 Å². The van der Waals surface area contributed by atoms with Crippen molar-refractivity contribution in [3.63, 3.8) is 0 Å². The molecule has 76 valence electrons. The Morgan fingerprint density at radius 1 is 1.21 bits per heavy atom. The zero-order valence-electron chi connectivity index (χ0n) is 8.48. The smallest absolute Gasteiger partial charge is 0.151 e. The van der Waals surface area contributed by atoms with Gasteiger partial charge in [0.25, 0.3) is 0 Å². The lowest BCUT2D eigenvalue weighted by atomic mass is 10.1. The highest BCUT2D eigenvalue weighted by atomic mass is 16.1. The van der Waals surface area contributed by atoms with Gasteiger partial charge in [-0.15, -0.1) is 0 Å². The van der Waals surface area contributed by atoms with E-state index in [1.165, 1.54) is 38.5 Å². The molecule has 1 aromatic rings. The van der Waals surface area contributed by atoms with E-state index in [2.05, 4.69) is 4.57 Å². The maximum absolute atomic E-state index is 10.6. The molecule has 1 saturated carbocycles. The van der Waals surface area contributed by atoms with Crippen LogP contribution in [-0.4, -0.2) is 10.9 Å². The van der Waals surface area contributed by atoms with Gasteiger partial charge in [-0.25, -0.2) is 0 Å². The van der Waals surface area contributed by atoms with Crippen LogP contribution < -0.4 is 0 Å². The predicted octanol–water partition coefficient (Wildman–Crippen LogP) is 3.20. The zero-order valence-corrected chi connectivity index (χ0v) is 8.48. The summed E-state index contributed by atoms with van der Waals surface area (Å²) >= 11 is 0. The first-order valence-corrected chi connectivity index (χ1v) is 5.53. The largest absolute Gasteiger partial charge is 0.351 e. The standard InChI is InChI=1S/C12H17NO/c14-10-11-7-8-13(9-11)12-5-3-1-2-4-6-12/h7-10,12H,1-6H2. The van der Waals surface area contributed by atoms with Gasteiger partial charge in [0.15, 0.2) is 6.29 Å². The molecule has 2 nitrogen and oxygen atoms in total. The SMILES string of the molecule is O=Cc1ccn(C2CCCCCC2)c1. The lowest BCUT2D eigenvalue weighted by Crippen LogP contribution is -2.05. The summed E-state index contributed by atoms with van der Waals surface area (Å²) in [5.74, 6) is 0. The molecule has 0 aliphatic heterocycles. The summed E-state index contributed by atoms with van der Waals surface area (Å²) in [5.41, 5.74) is 0.800. The van der Waals surface area contributed by atoms with E-state index in [0.29, 0.717) is 6.04 Å². The molecule has 0 unspecified atom stereocenters. The number of aromatic nitrogens is 1. The van der Waals surface area contributed by atoms with Crippen LogP contribution in [0.2, 0.25) is 0 Å². The van der Waals surface area contributed by atoms with Crippen LogP contribution in [-0.2, 0) is 0 Å². The van der Waals surface area contributed by atoms with E-state index in [4.69, 9.17) is 0 Å². The third-order valence-corrected chi connectivity index (χ3v) is 3.12. The highest BCUT2D eigenvalue weighted by Crippen LogP contribution is 2.27. The quantitative estimate of drug-likeness (QED) is 0.519. The first-order valence-electron chi connectivity index (χ1n) is 5.53. The topological polar surface area (TPSA) is 22.0 Å². The van der Waals surface area contributed by atoms with E-state index < -0.39 is 0 Å². The summed E-state index contributed by atoms with van der Waals surface area (Å²) in [6.07, 6.45) is 12.9. The zero-order chi connectivity index (χ0) is 9.80. The Morgan fingerprint density at radius 3 is 2.50 bits per heavy atom. The maximum Gasteiger partial charge on any atom is 0.151 e. The highest BCUT2D eigenvalue weighted by molar-refractivity contribution is 5.74. The lowest BCUT2D eigenvalue weighted by Gasteiger charge is -2.15. The van der Waals surface area contributed by atoms with E-state index in [9.17, 15) is 4.79 Å². The van der Waals surface area contributed by atoms with Crippen LogP contribution in [0.1, 0.15) is 54.9 Å². The van der Waals surface area contributed by atoms with Crippen LogP contribution in [0.3, 0.4) is 0 Å². The van der Waals surface area contributed by atoms with Crippen LogP contribution >= 0.6 is 0 Å². The molecule has 0 aromatic carbocycles. The molecule has 0 atom stereocenters. The van der Waals surface area contributed by atoms with Gasteiger partial charge in [0.05, 0.1) is 0 Å². The van der Waals surface area contributed by atoms with Gasteiger partial charge in [-0.3, -0.25) is 4.79 Å². The number of carbonyl (C=O) groups is 1. The molecule has 0 radical (unpaired) electrons. The van der Waals surface area contributed by atoms with E-state index >= 15 is 0 Å². The molecule has 0 N–H and O–H groups in total. The molecule has 1 aliphatic carbocycles. The molecule has 0 amide bonds. The fraction of sp³-hybridized carbons (Fsp3) is 0.583. The van der Waals surface area contributed by atoms with Gasteiger partial charge in [-0.2, -0.15) is 0 Å². The minimum atomic E-state index is 0.631. The van der Waals surface area contributed by atoms with Crippen LogP contribution in [0.15, 0.2) is 18.5 Å². The Hall–Kier alpha value is -1.05. The van der Waals surface area contributed by atoms with Crippen molar-refractivity contribution in [2.24, 2.45) is 0 Å². The number of hydrogen-bond acceptors (Lipinski definition) is 1. The molecular weight excluding hydrogens is 174 g/mol. The van der Waals surface area contributed by atoms with Crippen LogP contribution in [0.4, 0.5) is 0 Å². The summed E-state index contributed by atoms with van der Waals surface area (Å²) in [4.78, 5) is 10.6. The monoisotopic (exact) mass is 191 g/mol. The Kier molecular flexibility index (Phi) is 3.02. The number of aldehydes is 1. The first-order chi connectivity index (χ1) is 6.90. The molecular formula is C12H17NO. The van der Waals surface area contributed by atoms with Gasteiger partial charge in [-0.1, -0.05) is 25.7 Å². The van der Waals surface area contributed by atoms with Crippen molar-refractivity contribution in [2.45, 2.75) is 44.6 Å². The molecule has 1 aromatic heterocycles. The van der Waals surface area contributed by atoms with Crippen LogP contribution in [0, 0.1) is 0 Å². The Balaban J connectivity index is 2.08. The molecule has 1 fully saturated rings. The van der Waals surface area contributed by atoms with Gasteiger partial charge < -0.3 is 4.57 Å². The minimum Gasteiger partial charge on any atom is -0.351 e. The fourth-order valence-electron chi connectivity index (χ4n) is 2.28. The summed E-state index contributed by atoms with van der Waals surface area (Å²) in [6, 6.07) is 2.53. The van der Waals surface area contributed by atoms with Crippen molar-refractivity contribution in [1.82, 2.24) is 4.57 Å². The van der Waals surface area contributed by atoms with E-state index in [1.54, 1.807) is 0 Å². The van der Waals surface area contributed by atoms with Gasteiger partial charge in [0.1, 0.15) is 0 Å². The molecule has 14 heavy (non-hydrogen) atoms. The van der Waals surface area contributed by atoms with Gasteiger partial charge in [0, 0.05) is 24.0 Å². The summed E-state index contributed by atoms with van der Waals surface area (Å²) in [6.45, 7) is 0. The van der Waals surface area contributed by atoms with Crippen molar-refractivity contribution in [3.05, 3.63) is 24.0 Å². The minimum absolute atomic E-state index is 0.631. The first kappa shape index (κ1) is 9.50. The third-order valence-electron chi connectivity index (χ3n) is 3.12. The van der Waals surface area contributed by atoms with Gasteiger partial charge in [0.2, 0.25) is 0 Å². The summed E-state index contributed by atoms with van der Waals surface area (Å²) in [5, 5.41) is 0. The van der Waals surface area contributed by atoms with Crippen molar-refractivity contribution < 1.29 is 4.79 Å². The summed E-state index contributed by atoms with van der Waals surface area (Å²) < 4.78 is 2.22. The maximum atomic E-state index is 10.6. The number of hydrogen-bond donors (Lipinski definition) is 0. The molecule has 2 heteroatoms. The van der Waals surface area contributed by atoms with E-state index in [1.807, 2.05) is 18.5 Å². The van der Waals surface area contributed by atoms with Crippen molar-refractivity contribution >= 4 is 6.29 Å². The second-order valence-corrected chi connectivity index (χ2v) is 4.16. The third kappa shape index (κ3) is 2.06. The molecule has 0 saturated heterocycles. The number of rotatable bonds is 2. The van der Waals surface area contributed by atoms with Gasteiger partial charge in [-0.05, 0) is 18.9 Å². The van der Waals surface area contributed by atoms with Crippen LogP contribution in [0.25, 0.3) is 0 Å². The van der Waals surface area contributed by atoms with E-state index in [0.717, 1.165) is 11.8 Å². The molecule has 1 aliphatic rings. The Bertz CT molecular complexity index is 295. The second-order valence-electron chi connectivity index (χ2n) is 4.16. The number of nitrogens with zero attached hydrogens (tertiary/aromatic N) is 1. The second kappa shape index (κ2) is 4.45. The average molecular weight is 191 g/mol. The van der Waals surface area contributed by atoms with Gasteiger partial charge >= 0.3 is 0 Å². The fourth-order valence-corrected chi connectivity index (χ4v) is 2.28. The van der Waals surface area contributed by atoms with Crippen molar-refractivity contribution in [1.29, 1.82) is 0 Å². The normalized spacial score (nSPS) is 19.1. The van der Waals surface area contributed by atoms with Crippen LogP contribution in [0.5, 0.6) is 0 Å². The average Bonchev–Trinajstić information content (AvgIpc) is 2.53. The highest BCUT2D eigenvalue weighted by Gasteiger charge is 2.13. The number of carbonyl (C=O) groups excluding carboxylic acids is 1. The molecule has 2 rings (SSSR count). The molecule has 0 bridgehead atoms. The van der Waals surface area contributed by atoms with E-state index in [-0.39, 0.29) is 0 Å². The predicted molar refractivity (Wildman–Crippen MR) is 56.6 cm³/mol. The Morgan fingerprint density at radius 2 is 1.93 bits per heavy atom. The summed E-state index contributed by atoms with van der Waals surface area (Å²) in [7, 11) is 0. The Labute approximate surface area is 84.9 Å². The molecule has 1 heterocycles. The molecule has 0 spiro atoms. The van der Waals surface area contributed by atoms with Crippen molar-refractivity contribution in [3.8, 4) is 0 Å². The lowest BCUT2D eigenvalue weighted by molar-refractivity contribution is 0.112.